The minimum absolute atomic E-state index is 0.00515. The number of aryl methyl sites for hydroxylation is 2. The highest BCUT2D eigenvalue weighted by molar-refractivity contribution is 7.77. The summed E-state index contributed by atoms with van der Waals surface area (Å²) >= 11 is 3.03. The predicted molar refractivity (Wildman–Crippen MR) is 173 cm³/mol. The van der Waals surface area contributed by atoms with Crippen LogP contribution >= 0.6 is 12.8 Å². The summed E-state index contributed by atoms with van der Waals surface area (Å²) < 4.78 is 7.45. The fourth-order valence-electron chi connectivity index (χ4n) is 4.53. The van der Waals surface area contributed by atoms with E-state index in [1.54, 1.807) is 24.2 Å². The number of nitrogens with one attached hydrogen (secondary N) is 2. The van der Waals surface area contributed by atoms with Crippen LogP contribution in [0.3, 0.4) is 0 Å². The van der Waals surface area contributed by atoms with Gasteiger partial charge in [-0.05, 0) is 66.1 Å². The maximum absolute atomic E-state index is 12.9. The summed E-state index contributed by atoms with van der Waals surface area (Å²) in [6, 6.07) is 20.2. The summed E-state index contributed by atoms with van der Waals surface area (Å²) in [4.78, 5) is 12.9. The fraction of sp³-hybridized carbons (Fsp3) is 0.273. The number of nitrogens with two attached hydrogens (primary N) is 1. The third kappa shape index (κ3) is 7.60. The van der Waals surface area contributed by atoms with Crippen LogP contribution in [0.25, 0.3) is 11.4 Å². The maximum atomic E-state index is 12.9. The van der Waals surface area contributed by atoms with Crippen molar-refractivity contribution in [1.82, 2.24) is 15.1 Å². The number of hydrogen-bond donors (Lipinski definition) is 4. The van der Waals surface area contributed by atoms with Gasteiger partial charge >= 0.3 is 0 Å². The number of amides is 1. The molecule has 0 fully saturated rings. The van der Waals surface area contributed by atoms with Gasteiger partial charge < -0.3 is 15.4 Å². The Morgan fingerprint density at radius 1 is 1.02 bits per heavy atom. The van der Waals surface area contributed by atoms with Crippen molar-refractivity contribution in [2.75, 3.05) is 12.4 Å². The number of rotatable bonds is 8. The van der Waals surface area contributed by atoms with Crippen molar-refractivity contribution in [2.45, 2.75) is 53.0 Å². The molecule has 0 aliphatic heterocycles. The molecular weight excluding hydrogens is 530 g/mol. The van der Waals surface area contributed by atoms with E-state index in [-0.39, 0.29) is 17.4 Å². The number of anilines is 1. The number of nitrogens with zero attached hydrogens (tertiary/aromatic N) is 2. The second-order valence-corrected chi connectivity index (χ2v) is 11.0. The van der Waals surface area contributed by atoms with Gasteiger partial charge in [-0.25, -0.2) is 4.68 Å². The molecule has 8 heteroatoms. The highest BCUT2D eigenvalue weighted by atomic mass is 32.1. The molecule has 0 aliphatic rings. The number of aromatic nitrogens is 2. The summed E-state index contributed by atoms with van der Waals surface area (Å²) in [6.07, 6.45) is 3.35. The molecule has 3 aromatic carbocycles. The maximum Gasteiger partial charge on any atom is 0.254 e. The predicted octanol–water partition coefficient (Wildman–Crippen LogP) is 7.16. The van der Waals surface area contributed by atoms with Crippen molar-refractivity contribution in [3.63, 3.8) is 0 Å². The summed E-state index contributed by atoms with van der Waals surface area (Å²) in [5.74, 6) is 0.627. The van der Waals surface area contributed by atoms with Crippen LogP contribution in [-0.4, -0.2) is 22.8 Å². The van der Waals surface area contributed by atoms with Gasteiger partial charge in [-0.2, -0.15) is 5.10 Å². The van der Waals surface area contributed by atoms with E-state index in [0.717, 1.165) is 45.1 Å². The number of carbonyl (C=O) groups is 1. The number of benzene rings is 3. The van der Waals surface area contributed by atoms with Gasteiger partial charge in [0.25, 0.3) is 5.91 Å². The van der Waals surface area contributed by atoms with Crippen molar-refractivity contribution in [1.29, 1.82) is 0 Å². The average molecular weight is 572 g/mol. The van der Waals surface area contributed by atoms with Crippen LogP contribution in [0.2, 0.25) is 0 Å². The average Bonchev–Trinajstić information content (AvgIpc) is 3.44. The topological polar surface area (TPSA) is 94.2 Å². The summed E-state index contributed by atoms with van der Waals surface area (Å²) in [6.45, 7) is 16.9. The first kappa shape index (κ1) is 31.5. The van der Waals surface area contributed by atoms with Gasteiger partial charge in [0.05, 0.1) is 36.3 Å². The fourth-order valence-corrected chi connectivity index (χ4v) is 4.53. The Morgan fingerprint density at radius 2 is 1.71 bits per heavy atom. The van der Waals surface area contributed by atoms with E-state index in [4.69, 9.17) is 4.74 Å². The molecule has 1 atom stereocenters. The van der Waals surface area contributed by atoms with Crippen LogP contribution in [0.5, 0.6) is 5.75 Å². The van der Waals surface area contributed by atoms with Crippen LogP contribution in [-0.2, 0) is 5.41 Å². The zero-order valence-corrected chi connectivity index (χ0v) is 25.8. The van der Waals surface area contributed by atoms with Gasteiger partial charge in [0.2, 0.25) is 0 Å². The Morgan fingerprint density at radius 3 is 2.34 bits per heavy atom. The third-order valence-corrected chi connectivity index (χ3v) is 6.93. The quantitative estimate of drug-likeness (QED) is 0.168. The molecule has 0 spiro atoms. The van der Waals surface area contributed by atoms with Gasteiger partial charge in [0.1, 0.15) is 5.75 Å². The molecule has 0 saturated carbocycles. The SMILES string of the molecule is C=C(Nc1cc(C(C)(C)C)cc(C)c1OC)c1ccc(C)c(-n2cc(C(=O)NC(C)c3ccccc3)cn2)c1.NS. The number of ether oxygens (including phenoxy) is 1. The van der Waals surface area contributed by atoms with E-state index in [1.165, 1.54) is 5.56 Å². The molecule has 1 aromatic heterocycles. The molecule has 0 bridgehead atoms. The zero-order valence-electron chi connectivity index (χ0n) is 24.9. The molecule has 1 unspecified atom stereocenters. The molecule has 4 rings (SSSR count). The van der Waals surface area contributed by atoms with E-state index in [0.29, 0.717) is 5.56 Å². The molecule has 4 N–H and O–H groups in total. The summed E-state index contributed by atoms with van der Waals surface area (Å²) in [5.41, 5.74) is 8.25. The number of methoxy groups -OCH3 is 1. The van der Waals surface area contributed by atoms with Gasteiger partial charge in [0, 0.05) is 11.9 Å². The molecule has 1 amide bonds. The standard InChI is InChI=1S/C33H38N4O2.H3NS/c1-21-14-15-26(24(4)35-29-18-28(33(5,6)7)16-22(2)31(29)39-8)17-30(21)37-20-27(19-34-37)32(38)36-23(3)25-12-10-9-11-13-25;1-2/h9-20,23,35H,4H2,1-3,5-8H3,(H,36,38);2H,1H2. The molecule has 7 nitrogen and oxygen atoms in total. The van der Waals surface area contributed by atoms with E-state index in [1.807, 2.05) is 62.4 Å². The first-order chi connectivity index (χ1) is 19.5. The lowest BCUT2D eigenvalue weighted by Crippen LogP contribution is -2.26. The van der Waals surface area contributed by atoms with Crippen molar-refractivity contribution < 1.29 is 9.53 Å². The lowest BCUT2D eigenvalue weighted by atomic mass is 9.85. The van der Waals surface area contributed by atoms with Gasteiger partial charge in [-0.15, -0.1) is 12.8 Å². The second-order valence-electron chi connectivity index (χ2n) is 11.0. The summed E-state index contributed by atoms with van der Waals surface area (Å²) in [7, 11) is 1.68. The Hall–Kier alpha value is -4.01. The van der Waals surface area contributed by atoms with Crippen LogP contribution in [0.4, 0.5) is 5.69 Å². The van der Waals surface area contributed by atoms with E-state index in [9.17, 15) is 4.79 Å². The third-order valence-electron chi connectivity index (χ3n) is 6.93. The molecule has 1 heterocycles. The van der Waals surface area contributed by atoms with Crippen molar-refractivity contribution in [2.24, 2.45) is 5.14 Å². The normalized spacial score (nSPS) is 11.6. The lowest BCUT2D eigenvalue weighted by Gasteiger charge is -2.23. The Balaban J connectivity index is 0.00000226. The van der Waals surface area contributed by atoms with E-state index < -0.39 is 0 Å². The first-order valence-electron chi connectivity index (χ1n) is 13.4. The number of hydrogen-bond acceptors (Lipinski definition) is 6. The molecule has 0 radical (unpaired) electrons. The number of thiol groups is 1. The van der Waals surface area contributed by atoms with Crippen molar-refractivity contribution in [3.05, 3.63) is 113 Å². The van der Waals surface area contributed by atoms with Gasteiger partial charge in [-0.1, -0.05) is 75.9 Å². The zero-order chi connectivity index (χ0) is 30.3. The number of carbonyl (C=O) groups excluding carboxylic acids is 1. The van der Waals surface area contributed by atoms with Crippen LogP contribution < -0.4 is 20.5 Å². The molecule has 4 aromatic rings. The van der Waals surface area contributed by atoms with Crippen LogP contribution in [0.1, 0.15) is 71.9 Å². The molecule has 0 saturated heterocycles. The highest BCUT2D eigenvalue weighted by Crippen LogP contribution is 2.36. The lowest BCUT2D eigenvalue weighted by molar-refractivity contribution is 0.0940. The van der Waals surface area contributed by atoms with Crippen LogP contribution in [0.15, 0.2) is 79.6 Å². The van der Waals surface area contributed by atoms with Crippen LogP contribution in [0, 0.1) is 13.8 Å². The van der Waals surface area contributed by atoms with E-state index >= 15 is 0 Å². The van der Waals surface area contributed by atoms with E-state index in [2.05, 4.69) is 80.1 Å². The summed E-state index contributed by atoms with van der Waals surface area (Å²) in [5, 5.41) is 15.2. The largest absolute Gasteiger partial charge is 0.494 e. The highest BCUT2D eigenvalue weighted by Gasteiger charge is 2.19. The van der Waals surface area contributed by atoms with Crippen molar-refractivity contribution >= 4 is 30.1 Å². The van der Waals surface area contributed by atoms with Gasteiger partial charge in [-0.3, -0.25) is 9.93 Å². The molecule has 216 valence electrons. The Bertz CT molecular complexity index is 1510. The first-order valence-corrected chi connectivity index (χ1v) is 13.9. The smallest absolute Gasteiger partial charge is 0.254 e. The minimum atomic E-state index is -0.168. The van der Waals surface area contributed by atoms with Gasteiger partial charge in [0.15, 0.2) is 0 Å². The molecule has 41 heavy (non-hydrogen) atoms. The van der Waals surface area contributed by atoms with Crippen molar-refractivity contribution in [3.8, 4) is 11.4 Å². The molecule has 0 aliphatic carbocycles. The molecular formula is C33H41N5O2S. The minimum Gasteiger partial charge on any atom is -0.494 e. The second kappa shape index (κ2) is 13.6. The monoisotopic (exact) mass is 571 g/mol. The Labute approximate surface area is 249 Å². The Kier molecular flexibility index (Phi) is 10.4.